The summed E-state index contributed by atoms with van der Waals surface area (Å²) in [6.45, 7) is 0.541. The van der Waals surface area contributed by atoms with Gasteiger partial charge in [-0.3, -0.25) is 14.4 Å². The van der Waals surface area contributed by atoms with Gasteiger partial charge in [-0.1, -0.05) is 0 Å². The molecule has 130 valence electrons. The van der Waals surface area contributed by atoms with Crippen molar-refractivity contribution in [2.24, 2.45) is 7.05 Å². The Hall–Kier alpha value is -1.91. The summed E-state index contributed by atoms with van der Waals surface area (Å²) < 4.78 is 34.4. The molecule has 1 atom stereocenters. The minimum absolute atomic E-state index is 0.0791. The van der Waals surface area contributed by atoms with Crippen molar-refractivity contribution in [2.45, 2.75) is 23.1 Å². The number of nitrogens with zero attached hydrogens (tertiary/aromatic N) is 3. The fourth-order valence-corrected chi connectivity index (χ4v) is 5.23. The Kier molecular flexibility index (Phi) is 4.61. The Bertz CT molecular complexity index is 843. The van der Waals surface area contributed by atoms with Gasteiger partial charge in [0.25, 0.3) is 10.0 Å². The van der Waals surface area contributed by atoms with Gasteiger partial charge in [-0.05, 0) is 24.3 Å². The molecule has 2 aromatic heterocycles. The summed E-state index contributed by atoms with van der Waals surface area (Å²) in [6, 6.07) is 2.52. The molecule has 8 nitrogen and oxygen atoms in total. The Morgan fingerprint density at radius 2 is 2.21 bits per heavy atom. The third-order valence-electron chi connectivity index (χ3n) is 3.87. The normalized spacial score (nSPS) is 18.8. The van der Waals surface area contributed by atoms with E-state index >= 15 is 0 Å². The summed E-state index contributed by atoms with van der Waals surface area (Å²) in [5.74, 6) is 0.654. The number of ether oxygens (including phenoxy) is 1. The number of hydrogen-bond acceptors (Lipinski definition) is 6. The molecule has 0 bridgehead atoms. The van der Waals surface area contributed by atoms with Gasteiger partial charge in [0, 0.05) is 19.7 Å². The highest BCUT2D eigenvalue weighted by atomic mass is 32.2. The van der Waals surface area contributed by atoms with Crippen LogP contribution in [0.5, 0.6) is 5.75 Å². The maximum absolute atomic E-state index is 12.7. The highest BCUT2D eigenvalue weighted by molar-refractivity contribution is 7.91. The van der Waals surface area contributed by atoms with Crippen LogP contribution in [0.2, 0.25) is 0 Å². The van der Waals surface area contributed by atoms with E-state index in [1.54, 1.807) is 40.3 Å². The second kappa shape index (κ2) is 6.54. The summed E-state index contributed by atoms with van der Waals surface area (Å²) in [4.78, 5) is 14.3. The summed E-state index contributed by atoms with van der Waals surface area (Å²) >= 11 is 1.06. The third kappa shape index (κ3) is 3.04. The number of anilines is 1. The molecule has 1 aliphatic rings. The first kappa shape index (κ1) is 16.9. The Balaban J connectivity index is 1.82. The highest BCUT2D eigenvalue weighted by Gasteiger charge is 2.35. The molecule has 2 aromatic rings. The van der Waals surface area contributed by atoms with Gasteiger partial charge in [-0.15, -0.1) is 11.3 Å². The standard InChI is InChI=1S/C14H18N4O4S2/c1-17-12(5-7-15-17)18-8-3-4-10(13(18)19)16-24(20,21)14-11(22-2)6-9-23-14/h5-7,9-10,16H,3-4,8H2,1-2H3/t10-/m1/s1. The molecule has 24 heavy (non-hydrogen) atoms. The lowest BCUT2D eigenvalue weighted by atomic mass is 10.1. The number of methoxy groups -OCH3 is 1. The van der Waals surface area contributed by atoms with Gasteiger partial charge >= 0.3 is 0 Å². The molecule has 0 unspecified atom stereocenters. The van der Waals surface area contributed by atoms with Crippen molar-refractivity contribution < 1.29 is 17.9 Å². The maximum Gasteiger partial charge on any atom is 0.254 e. The van der Waals surface area contributed by atoms with E-state index in [9.17, 15) is 13.2 Å². The van der Waals surface area contributed by atoms with E-state index in [4.69, 9.17) is 4.74 Å². The zero-order valence-corrected chi connectivity index (χ0v) is 14.9. The fraction of sp³-hybridized carbons (Fsp3) is 0.429. The van der Waals surface area contributed by atoms with Crippen LogP contribution < -0.4 is 14.4 Å². The van der Waals surface area contributed by atoms with Crippen LogP contribution in [0.4, 0.5) is 5.82 Å². The number of hydrogen-bond donors (Lipinski definition) is 1. The molecule has 0 radical (unpaired) electrons. The highest BCUT2D eigenvalue weighted by Crippen LogP contribution is 2.30. The minimum atomic E-state index is -3.82. The zero-order chi connectivity index (χ0) is 17.3. The van der Waals surface area contributed by atoms with Gasteiger partial charge in [-0.2, -0.15) is 9.82 Å². The van der Waals surface area contributed by atoms with Gasteiger partial charge in [0.05, 0.1) is 13.3 Å². The fourth-order valence-electron chi connectivity index (χ4n) is 2.72. The molecule has 1 aliphatic heterocycles. The van der Waals surface area contributed by atoms with Gasteiger partial charge in [-0.25, -0.2) is 8.42 Å². The monoisotopic (exact) mass is 370 g/mol. The lowest BCUT2D eigenvalue weighted by Gasteiger charge is -2.32. The molecular weight excluding hydrogens is 352 g/mol. The van der Waals surface area contributed by atoms with Gasteiger partial charge in [0.1, 0.15) is 17.6 Å². The van der Waals surface area contributed by atoms with Crippen molar-refractivity contribution in [3.8, 4) is 5.75 Å². The summed E-state index contributed by atoms with van der Waals surface area (Å²) in [5.41, 5.74) is 0. The number of carbonyl (C=O) groups is 1. The van der Waals surface area contributed by atoms with Crippen LogP contribution >= 0.6 is 11.3 Å². The molecule has 3 rings (SSSR count). The molecule has 1 fully saturated rings. The van der Waals surface area contributed by atoms with E-state index in [2.05, 4.69) is 9.82 Å². The minimum Gasteiger partial charge on any atom is -0.494 e. The van der Waals surface area contributed by atoms with Crippen LogP contribution in [-0.4, -0.2) is 43.8 Å². The van der Waals surface area contributed by atoms with Crippen LogP contribution in [0.15, 0.2) is 27.9 Å². The van der Waals surface area contributed by atoms with Crippen LogP contribution in [0.25, 0.3) is 0 Å². The SMILES string of the molecule is COc1ccsc1S(=O)(=O)N[C@@H]1CCCN(c2ccnn2C)C1=O. The smallest absolute Gasteiger partial charge is 0.254 e. The first-order valence-electron chi connectivity index (χ1n) is 7.37. The lowest BCUT2D eigenvalue weighted by Crippen LogP contribution is -2.52. The van der Waals surface area contributed by atoms with Crippen molar-refractivity contribution in [2.75, 3.05) is 18.6 Å². The van der Waals surface area contributed by atoms with E-state index in [0.29, 0.717) is 25.2 Å². The van der Waals surface area contributed by atoms with Gasteiger partial charge < -0.3 is 4.74 Å². The Morgan fingerprint density at radius 1 is 1.42 bits per heavy atom. The van der Waals surface area contributed by atoms with Crippen molar-refractivity contribution in [1.29, 1.82) is 0 Å². The molecule has 0 aromatic carbocycles. The lowest BCUT2D eigenvalue weighted by molar-refractivity contribution is -0.121. The maximum atomic E-state index is 12.7. The number of amides is 1. The van der Waals surface area contributed by atoms with Gasteiger partial charge in [0.15, 0.2) is 4.21 Å². The van der Waals surface area contributed by atoms with E-state index in [-0.39, 0.29) is 15.9 Å². The molecule has 10 heteroatoms. The average molecular weight is 370 g/mol. The van der Waals surface area contributed by atoms with E-state index in [1.165, 1.54) is 7.11 Å². The number of aryl methyl sites for hydroxylation is 1. The predicted molar refractivity (Wildman–Crippen MR) is 89.8 cm³/mol. The molecule has 0 aliphatic carbocycles. The number of sulfonamides is 1. The predicted octanol–water partition coefficient (Wildman–Crippen LogP) is 0.964. The molecule has 0 saturated carbocycles. The van der Waals surface area contributed by atoms with E-state index in [1.807, 2.05) is 0 Å². The van der Waals surface area contributed by atoms with Crippen molar-refractivity contribution in [1.82, 2.24) is 14.5 Å². The Morgan fingerprint density at radius 3 is 2.88 bits per heavy atom. The van der Waals surface area contributed by atoms with Crippen molar-refractivity contribution in [3.05, 3.63) is 23.7 Å². The topological polar surface area (TPSA) is 93.5 Å². The van der Waals surface area contributed by atoms with Crippen molar-refractivity contribution in [3.63, 3.8) is 0 Å². The molecule has 0 spiro atoms. The number of thiophene rings is 1. The number of piperidine rings is 1. The first-order valence-corrected chi connectivity index (χ1v) is 9.73. The molecule has 1 saturated heterocycles. The second-order valence-corrected chi connectivity index (χ2v) is 8.22. The van der Waals surface area contributed by atoms with Crippen LogP contribution in [0.1, 0.15) is 12.8 Å². The third-order valence-corrected chi connectivity index (χ3v) is 6.79. The van der Waals surface area contributed by atoms with E-state index in [0.717, 1.165) is 11.3 Å². The molecule has 1 N–H and O–H groups in total. The van der Waals surface area contributed by atoms with Crippen LogP contribution in [-0.2, 0) is 21.9 Å². The van der Waals surface area contributed by atoms with Gasteiger partial charge in [0.2, 0.25) is 5.91 Å². The number of rotatable bonds is 5. The number of nitrogens with one attached hydrogen (secondary N) is 1. The molecule has 1 amide bonds. The molecule has 3 heterocycles. The van der Waals surface area contributed by atoms with Crippen LogP contribution in [0.3, 0.4) is 0 Å². The second-order valence-electron chi connectivity index (χ2n) is 5.40. The summed E-state index contributed by atoms with van der Waals surface area (Å²) in [6.07, 6.45) is 2.76. The average Bonchev–Trinajstić information content (AvgIpc) is 3.18. The van der Waals surface area contributed by atoms with E-state index < -0.39 is 16.1 Å². The van der Waals surface area contributed by atoms with Crippen molar-refractivity contribution >= 4 is 33.1 Å². The number of aromatic nitrogens is 2. The first-order chi connectivity index (χ1) is 11.4. The summed E-state index contributed by atoms with van der Waals surface area (Å²) in [7, 11) is -0.664. The largest absolute Gasteiger partial charge is 0.494 e. The zero-order valence-electron chi connectivity index (χ0n) is 13.3. The molecular formula is C14H18N4O4S2. The van der Waals surface area contributed by atoms with Crippen LogP contribution in [0, 0.1) is 0 Å². The Labute approximate surface area is 144 Å². The number of carbonyl (C=O) groups excluding carboxylic acids is 1. The summed E-state index contributed by atoms with van der Waals surface area (Å²) in [5, 5.41) is 5.70. The quantitative estimate of drug-likeness (QED) is 0.846.